The highest BCUT2D eigenvalue weighted by Crippen LogP contribution is 2.40. The Morgan fingerprint density at radius 3 is 3.07 bits per heavy atom. The number of hydrogen-bond donors (Lipinski definition) is 2. The van der Waals surface area contributed by atoms with Crippen LogP contribution in [0, 0.1) is 0 Å². The van der Waals surface area contributed by atoms with Gasteiger partial charge in [0.15, 0.2) is 17.5 Å². The zero-order chi connectivity index (χ0) is 18.4. The molecule has 0 atom stereocenters. The Kier molecular flexibility index (Phi) is 3.70. The molecular formula is C19H20N6O2. The summed E-state index contributed by atoms with van der Waals surface area (Å²) < 4.78 is 6.70. The summed E-state index contributed by atoms with van der Waals surface area (Å²) >= 11 is 0. The summed E-state index contributed by atoms with van der Waals surface area (Å²) in [5.74, 6) is 2.26. The summed E-state index contributed by atoms with van der Waals surface area (Å²) in [7, 11) is 1.41. The van der Waals surface area contributed by atoms with Crippen molar-refractivity contribution in [3.63, 3.8) is 0 Å². The average molecular weight is 364 g/mol. The van der Waals surface area contributed by atoms with Gasteiger partial charge in [0.05, 0.1) is 7.11 Å². The van der Waals surface area contributed by atoms with E-state index in [0.717, 1.165) is 35.4 Å². The first-order chi connectivity index (χ1) is 13.2. The van der Waals surface area contributed by atoms with Crippen molar-refractivity contribution in [3.8, 4) is 0 Å². The molecule has 0 radical (unpaired) electrons. The standard InChI is InChI=1S/C19H20N6O2/c1-27-19(26)13-5-2-4-12(13)17-21-18(15-6-3-9-25(15)24-17)20-16-10-14(22-23-16)11-7-8-11/h3,6,9-11H,2,4-5,7-8H2,1H3,(H2,20,21,22,23,24). The molecule has 0 bridgehead atoms. The van der Waals surface area contributed by atoms with Gasteiger partial charge in [0.2, 0.25) is 0 Å². The molecule has 8 heteroatoms. The Balaban J connectivity index is 1.55. The van der Waals surface area contributed by atoms with Crippen molar-refractivity contribution < 1.29 is 9.53 Å². The topological polar surface area (TPSA) is 97.2 Å². The molecule has 3 heterocycles. The molecule has 8 nitrogen and oxygen atoms in total. The van der Waals surface area contributed by atoms with Crippen molar-refractivity contribution in [3.05, 3.63) is 41.5 Å². The Morgan fingerprint density at radius 1 is 1.37 bits per heavy atom. The second kappa shape index (κ2) is 6.22. The van der Waals surface area contributed by atoms with E-state index in [-0.39, 0.29) is 5.97 Å². The van der Waals surface area contributed by atoms with E-state index in [4.69, 9.17) is 9.72 Å². The highest BCUT2D eigenvalue weighted by atomic mass is 16.5. The lowest BCUT2D eigenvalue weighted by Crippen LogP contribution is -2.09. The van der Waals surface area contributed by atoms with Crippen LogP contribution >= 0.6 is 0 Å². The van der Waals surface area contributed by atoms with E-state index in [0.29, 0.717) is 29.6 Å². The summed E-state index contributed by atoms with van der Waals surface area (Å²) in [5.41, 5.74) is 3.55. The smallest absolute Gasteiger partial charge is 0.334 e. The Hall–Kier alpha value is -3.16. The second-order valence-corrected chi connectivity index (χ2v) is 7.03. The molecule has 0 aliphatic heterocycles. The molecular weight excluding hydrogens is 344 g/mol. The van der Waals surface area contributed by atoms with Crippen LogP contribution in [0.5, 0.6) is 0 Å². The average Bonchev–Trinajstić information content (AvgIpc) is 3.09. The molecule has 0 spiro atoms. The maximum atomic E-state index is 12.1. The van der Waals surface area contributed by atoms with E-state index < -0.39 is 0 Å². The predicted octanol–water partition coefficient (Wildman–Crippen LogP) is 3.18. The molecule has 2 aliphatic rings. The maximum Gasteiger partial charge on any atom is 0.334 e. The number of aromatic nitrogens is 5. The maximum absolute atomic E-state index is 12.1. The Bertz CT molecular complexity index is 1060. The molecule has 0 unspecified atom stereocenters. The van der Waals surface area contributed by atoms with E-state index in [1.165, 1.54) is 20.0 Å². The first-order valence-corrected chi connectivity index (χ1v) is 9.21. The van der Waals surface area contributed by atoms with Gasteiger partial charge in [-0.05, 0) is 44.2 Å². The third kappa shape index (κ3) is 2.87. The summed E-state index contributed by atoms with van der Waals surface area (Å²) in [6, 6.07) is 5.90. The quantitative estimate of drug-likeness (QED) is 0.675. The largest absolute Gasteiger partial charge is 0.466 e. The van der Waals surface area contributed by atoms with Crippen LogP contribution in [0.2, 0.25) is 0 Å². The third-order valence-corrected chi connectivity index (χ3v) is 5.17. The van der Waals surface area contributed by atoms with Gasteiger partial charge in [0.1, 0.15) is 5.52 Å². The molecule has 138 valence electrons. The van der Waals surface area contributed by atoms with Crippen molar-refractivity contribution in [1.29, 1.82) is 0 Å². The van der Waals surface area contributed by atoms with Crippen LogP contribution in [0.3, 0.4) is 0 Å². The number of hydrogen-bond acceptors (Lipinski definition) is 6. The monoisotopic (exact) mass is 364 g/mol. The SMILES string of the molecule is COC(=O)C1=C(c2nc(Nc3cc(C4CC4)[nH]n3)c3cccn3n2)CCC1. The number of fused-ring (bicyclic) bond motifs is 1. The van der Waals surface area contributed by atoms with Gasteiger partial charge in [-0.2, -0.15) is 5.10 Å². The third-order valence-electron chi connectivity index (χ3n) is 5.17. The number of ether oxygens (including phenoxy) is 1. The number of allylic oxidation sites excluding steroid dienone is 1. The number of carbonyl (C=O) groups excluding carboxylic acids is 1. The van der Waals surface area contributed by atoms with Gasteiger partial charge in [0.25, 0.3) is 0 Å². The zero-order valence-electron chi connectivity index (χ0n) is 15.0. The summed E-state index contributed by atoms with van der Waals surface area (Å²) in [4.78, 5) is 16.8. The number of esters is 1. The van der Waals surface area contributed by atoms with Gasteiger partial charge >= 0.3 is 5.97 Å². The number of aromatic amines is 1. The number of nitrogens with one attached hydrogen (secondary N) is 2. The lowest BCUT2D eigenvalue weighted by Gasteiger charge is -2.10. The van der Waals surface area contributed by atoms with Crippen molar-refractivity contribution in [2.75, 3.05) is 12.4 Å². The van der Waals surface area contributed by atoms with Gasteiger partial charge in [-0.1, -0.05) is 0 Å². The van der Waals surface area contributed by atoms with Crippen molar-refractivity contribution in [2.45, 2.75) is 38.0 Å². The summed E-state index contributed by atoms with van der Waals surface area (Å²) in [6.07, 6.45) is 6.67. The molecule has 3 aromatic heterocycles. The summed E-state index contributed by atoms with van der Waals surface area (Å²) in [5, 5.41) is 15.4. The zero-order valence-corrected chi connectivity index (χ0v) is 15.0. The van der Waals surface area contributed by atoms with E-state index in [9.17, 15) is 4.79 Å². The molecule has 3 aromatic rings. The molecule has 2 aliphatic carbocycles. The minimum absolute atomic E-state index is 0.297. The highest BCUT2D eigenvalue weighted by molar-refractivity contribution is 5.98. The van der Waals surface area contributed by atoms with Crippen LogP contribution in [0.15, 0.2) is 30.0 Å². The van der Waals surface area contributed by atoms with E-state index >= 15 is 0 Å². The number of anilines is 2. The minimum Gasteiger partial charge on any atom is -0.466 e. The number of H-pyrrole nitrogens is 1. The lowest BCUT2D eigenvalue weighted by atomic mass is 10.1. The predicted molar refractivity (Wildman–Crippen MR) is 99.6 cm³/mol. The number of carbonyl (C=O) groups is 1. The fourth-order valence-electron chi connectivity index (χ4n) is 3.62. The van der Waals surface area contributed by atoms with Crippen molar-refractivity contribution in [2.24, 2.45) is 0 Å². The van der Waals surface area contributed by atoms with Crippen molar-refractivity contribution in [1.82, 2.24) is 24.8 Å². The molecule has 1 fully saturated rings. The van der Waals surface area contributed by atoms with Crippen LogP contribution in [0.1, 0.15) is 49.5 Å². The minimum atomic E-state index is -0.297. The van der Waals surface area contributed by atoms with Crippen LogP contribution in [-0.2, 0) is 9.53 Å². The molecule has 2 N–H and O–H groups in total. The molecule has 27 heavy (non-hydrogen) atoms. The lowest BCUT2D eigenvalue weighted by molar-refractivity contribution is -0.136. The van der Waals surface area contributed by atoms with E-state index in [1.807, 2.05) is 24.4 Å². The van der Waals surface area contributed by atoms with Gasteiger partial charge in [0, 0.05) is 35.0 Å². The van der Waals surface area contributed by atoms with Gasteiger partial charge in [-0.3, -0.25) is 5.10 Å². The number of nitrogens with zero attached hydrogens (tertiary/aromatic N) is 4. The number of methoxy groups -OCH3 is 1. The fourth-order valence-corrected chi connectivity index (χ4v) is 3.62. The first-order valence-electron chi connectivity index (χ1n) is 9.21. The van der Waals surface area contributed by atoms with E-state index in [2.05, 4.69) is 20.6 Å². The molecule has 0 aromatic carbocycles. The normalized spacial score (nSPS) is 16.9. The highest BCUT2D eigenvalue weighted by Gasteiger charge is 2.27. The molecule has 1 saturated carbocycles. The Labute approximate surface area is 155 Å². The second-order valence-electron chi connectivity index (χ2n) is 7.03. The van der Waals surface area contributed by atoms with Crippen molar-refractivity contribution >= 4 is 28.7 Å². The van der Waals surface area contributed by atoms with Crippen LogP contribution in [0.4, 0.5) is 11.6 Å². The van der Waals surface area contributed by atoms with Crippen LogP contribution < -0.4 is 5.32 Å². The molecule has 0 amide bonds. The molecule has 5 rings (SSSR count). The van der Waals surface area contributed by atoms with Gasteiger partial charge in [-0.15, -0.1) is 5.10 Å². The van der Waals surface area contributed by atoms with Gasteiger partial charge in [-0.25, -0.2) is 14.3 Å². The Morgan fingerprint density at radius 2 is 2.26 bits per heavy atom. The van der Waals surface area contributed by atoms with Crippen LogP contribution in [-0.4, -0.2) is 37.9 Å². The fraction of sp³-hybridized carbons (Fsp3) is 0.368. The van der Waals surface area contributed by atoms with Gasteiger partial charge < -0.3 is 10.1 Å². The number of rotatable bonds is 5. The van der Waals surface area contributed by atoms with Crippen LogP contribution in [0.25, 0.3) is 11.1 Å². The first kappa shape index (κ1) is 16.0. The van der Waals surface area contributed by atoms with E-state index in [1.54, 1.807) is 4.52 Å². The molecule has 0 saturated heterocycles. The summed E-state index contributed by atoms with van der Waals surface area (Å²) in [6.45, 7) is 0.